The van der Waals surface area contributed by atoms with Crippen molar-refractivity contribution in [2.75, 3.05) is 24.3 Å². The third kappa shape index (κ3) is 5.84. The Morgan fingerprint density at radius 3 is 2.47 bits per heavy atom. The van der Waals surface area contributed by atoms with Gasteiger partial charge in [-0.3, -0.25) is 0 Å². The van der Waals surface area contributed by atoms with Crippen molar-refractivity contribution in [2.24, 2.45) is 0 Å². The van der Waals surface area contributed by atoms with Crippen molar-refractivity contribution in [1.29, 1.82) is 0 Å². The predicted octanol–water partition coefficient (Wildman–Crippen LogP) is 4.20. The topological polar surface area (TPSA) is 12.0 Å². The molecule has 0 fully saturated rings. The van der Waals surface area contributed by atoms with Gasteiger partial charge in [0.25, 0.3) is 0 Å². The Morgan fingerprint density at radius 1 is 1.18 bits per heavy atom. The minimum Gasteiger partial charge on any atom is -0.313 e. The molecule has 0 saturated heterocycles. The molecule has 96 valence electrons. The van der Waals surface area contributed by atoms with Crippen molar-refractivity contribution >= 4 is 23.5 Å². The molecule has 1 atom stereocenters. The van der Waals surface area contributed by atoms with E-state index < -0.39 is 0 Å². The minimum atomic E-state index is 0.440. The molecule has 0 spiro atoms. The Hall–Kier alpha value is -0.120. The van der Waals surface area contributed by atoms with Crippen LogP contribution in [0.4, 0.5) is 0 Å². The first-order valence-corrected chi connectivity index (χ1v) is 8.39. The average molecular weight is 269 g/mol. The van der Waals surface area contributed by atoms with E-state index in [9.17, 15) is 0 Å². The van der Waals surface area contributed by atoms with E-state index in [-0.39, 0.29) is 0 Å². The van der Waals surface area contributed by atoms with Gasteiger partial charge in [0.1, 0.15) is 0 Å². The first-order valence-electron chi connectivity index (χ1n) is 6.25. The number of hydrogen-bond acceptors (Lipinski definition) is 3. The van der Waals surface area contributed by atoms with Gasteiger partial charge in [0.05, 0.1) is 0 Å². The average Bonchev–Trinajstić information content (AvgIpc) is 2.38. The van der Waals surface area contributed by atoms with E-state index >= 15 is 0 Å². The van der Waals surface area contributed by atoms with Crippen LogP contribution in [0.3, 0.4) is 0 Å². The molecule has 0 aliphatic heterocycles. The zero-order valence-corrected chi connectivity index (χ0v) is 12.7. The normalized spacial score (nSPS) is 12.6. The van der Waals surface area contributed by atoms with Gasteiger partial charge < -0.3 is 5.32 Å². The quantitative estimate of drug-likeness (QED) is 0.561. The fraction of sp³-hybridized carbons (Fsp3) is 0.571. The maximum Gasteiger partial charge on any atom is 0.0289 e. The molecule has 1 unspecified atom stereocenters. The van der Waals surface area contributed by atoms with Gasteiger partial charge in [0.15, 0.2) is 0 Å². The highest BCUT2D eigenvalue weighted by Gasteiger charge is 2.01. The molecular weight excluding hydrogens is 246 g/mol. The SMILES string of the molecule is CCSCCCSc1ccc(C(C)NC)cc1. The maximum absolute atomic E-state index is 3.26. The second kappa shape index (κ2) is 8.90. The van der Waals surface area contributed by atoms with E-state index in [1.165, 1.54) is 34.1 Å². The molecule has 0 aliphatic carbocycles. The molecule has 1 nitrogen and oxygen atoms in total. The summed E-state index contributed by atoms with van der Waals surface area (Å²) in [4.78, 5) is 1.39. The summed E-state index contributed by atoms with van der Waals surface area (Å²) in [6.45, 7) is 4.41. The fourth-order valence-corrected chi connectivity index (χ4v) is 3.19. The van der Waals surface area contributed by atoms with E-state index in [0.29, 0.717) is 6.04 Å². The highest BCUT2D eigenvalue weighted by Crippen LogP contribution is 2.22. The summed E-state index contributed by atoms with van der Waals surface area (Å²) in [6.07, 6.45) is 1.30. The van der Waals surface area contributed by atoms with E-state index in [1.807, 2.05) is 30.6 Å². The first kappa shape index (κ1) is 14.9. The zero-order chi connectivity index (χ0) is 12.5. The van der Waals surface area contributed by atoms with Gasteiger partial charge in [-0.15, -0.1) is 11.8 Å². The highest BCUT2D eigenvalue weighted by molar-refractivity contribution is 8.00. The molecule has 0 heterocycles. The lowest BCUT2D eigenvalue weighted by molar-refractivity contribution is 0.652. The van der Waals surface area contributed by atoms with Gasteiger partial charge in [-0.25, -0.2) is 0 Å². The molecule has 1 rings (SSSR count). The van der Waals surface area contributed by atoms with Gasteiger partial charge in [-0.2, -0.15) is 11.8 Å². The lowest BCUT2D eigenvalue weighted by atomic mass is 10.1. The Labute approximate surface area is 114 Å². The lowest BCUT2D eigenvalue weighted by Gasteiger charge is -2.10. The summed E-state index contributed by atoms with van der Waals surface area (Å²) in [5.74, 6) is 3.76. The van der Waals surface area contributed by atoms with Gasteiger partial charge in [-0.05, 0) is 55.3 Å². The summed E-state index contributed by atoms with van der Waals surface area (Å²) in [6, 6.07) is 9.37. The fourth-order valence-electron chi connectivity index (χ4n) is 1.51. The first-order chi connectivity index (χ1) is 8.27. The number of benzene rings is 1. The van der Waals surface area contributed by atoms with Crippen LogP contribution in [0.2, 0.25) is 0 Å². The second-order valence-electron chi connectivity index (χ2n) is 3.98. The molecule has 0 saturated carbocycles. The van der Waals surface area contributed by atoms with Crippen LogP contribution in [0.15, 0.2) is 29.2 Å². The number of nitrogens with one attached hydrogen (secondary N) is 1. The van der Waals surface area contributed by atoms with Crippen LogP contribution in [-0.4, -0.2) is 24.3 Å². The molecule has 0 bridgehead atoms. The largest absolute Gasteiger partial charge is 0.313 e. The Bertz CT molecular complexity index is 298. The van der Waals surface area contributed by atoms with Crippen LogP contribution in [0, 0.1) is 0 Å². The summed E-state index contributed by atoms with van der Waals surface area (Å²) in [5.41, 5.74) is 1.36. The van der Waals surface area contributed by atoms with E-state index in [2.05, 4.69) is 43.4 Å². The van der Waals surface area contributed by atoms with E-state index in [0.717, 1.165) is 0 Å². The van der Waals surface area contributed by atoms with Crippen LogP contribution >= 0.6 is 23.5 Å². The van der Waals surface area contributed by atoms with Crippen LogP contribution in [0.1, 0.15) is 31.9 Å². The van der Waals surface area contributed by atoms with Crippen LogP contribution in [0.5, 0.6) is 0 Å². The summed E-state index contributed by atoms with van der Waals surface area (Å²) < 4.78 is 0. The third-order valence-corrected chi connectivity index (χ3v) is 4.80. The van der Waals surface area contributed by atoms with Crippen molar-refractivity contribution in [3.63, 3.8) is 0 Å². The van der Waals surface area contributed by atoms with Crippen molar-refractivity contribution in [3.8, 4) is 0 Å². The van der Waals surface area contributed by atoms with Gasteiger partial charge in [0, 0.05) is 10.9 Å². The third-order valence-electron chi connectivity index (χ3n) is 2.72. The molecule has 3 heteroatoms. The molecule has 0 aliphatic rings. The van der Waals surface area contributed by atoms with Crippen molar-refractivity contribution < 1.29 is 0 Å². The molecule has 1 aromatic carbocycles. The van der Waals surface area contributed by atoms with Gasteiger partial charge in [-0.1, -0.05) is 19.1 Å². The standard InChI is InChI=1S/C14H23NS2/c1-4-16-10-5-11-17-14-8-6-13(7-9-14)12(2)15-3/h6-9,12,15H,4-5,10-11H2,1-3H3. The maximum atomic E-state index is 3.26. The van der Waals surface area contributed by atoms with Crippen LogP contribution in [0.25, 0.3) is 0 Å². The molecule has 17 heavy (non-hydrogen) atoms. The Balaban J connectivity index is 2.30. The van der Waals surface area contributed by atoms with Crippen molar-refractivity contribution in [3.05, 3.63) is 29.8 Å². The minimum absolute atomic E-state index is 0.440. The molecule has 1 aromatic rings. The zero-order valence-electron chi connectivity index (χ0n) is 11.0. The molecule has 0 amide bonds. The van der Waals surface area contributed by atoms with E-state index in [4.69, 9.17) is 0 Å². The van der Waals surface area contributed by atoms with E-state index in [1.54, 1.807) is 0 Å². The predicted molar refractivity (Wildman–Crippen MR) is 82.3 cm³/mol. The summed E-state index contributed by atoms with van der Waals surface area (Å²) in [5, 5.41) is 3.26. The highest BCUT2D eigenvalue weighted by atomic mass is 32.2. The summed E-state index contributed by atoms with van der Waals surface area (Å²) in [7, 11) is 2.00. The van der Waals surface area contributed by atoms with Crippen LogP contribution in [-0.2, 0) is 0 Å². The Morgan fingerprint density at radius 2 is 1.88 bits per heavy atom. The number of thioether (sulfide) groups is 2. The molecule has 1 N–H and O–H groups in total. The smallest absolute Gasteiger partial charge is 0.0289 e. The lowest BCUT2D eigenvalue weighted by Crippen LogP contribution is -2.11. The summed E-state index contributed by atoms with van der Waals surface area (Å²) >= 11 is 4.00. The number of hydrogen-bond donors (Lipinski definition) is 1. The van der Waals surface area contributed by atoms with Crippen LogP contribution < -0.4 is 5.32 Å². The molecular formula is C14H23NS2. The molecule has 0 radical (unpaired) electrons. The van der Waals surface area contributed by atoms with Gasteiger partial charge >= 0.3 is 0 Å². The Kier molecular flexibility index (Phi) is 7.82. The second-order valence-corrected chi connectivity index (χ2v) is 6.54. The van der Waals surface area contributed by atoms with Crippen molar-refractivity contribution in [2.45, 2.75) is 31.2 Å². The number of rotatable bonds is 8. The van der Waals surface area contributed by atoms with Crippen molar-refractivity contribution in [1.82, 2.24) is 5.32 Å². The molecule has 0 aromatic heterocycles. The van der Waals surface area contributed by atoms with Gasteiger partial charge in [0.2, 0.25) is 0 Å². The monoisotopic (exact) mass is 269 g/mol.